The van der Waals surface area contributed by atoms with Gasteiger partial charge in [0.25, 0.3) is 5.89 Å². The Kier molecular flexibility index (Phi) is 4.88. The van der Waals surface area contributed by atoms with Crippen molar-refractivity contribution in [3.05, 3.63) is 65.5 Å². The molecule has 28 heavy (non-hydrogen) atoms. The van der Waals surface area contributed by atoms with Crippen molar-refractivity contribution in [2.24, 2.45) is 0 Å². The Morgan fingerprint density at radius 1 is 1.21 bits per heavy atom. The van der Waals surface area contributed by atoms with Gasteiger partial charge in [-0.15, -0.1) is 0 Å². The van der Waals surface area contributed by atoms with E-state index < -0.39 is 11.6 Å². The van der Waals surface area contributed by atoms with Crippen LogP contribution in [0.25, 0.3) is 11.5 Å². The molecule has 1 aliphatic heterocycles. The lowest BCUT2D eigenvalue weighted by Crippen LogP contribution is -2.27. The second-order valence-corrected chi connectivity index (χ2v) is 6.30. The minimum atomic E-state index is -0.766. The van der Waals surface area contributed by atoms with Crippen molar-refractivity contribution >= 4 is 11.7 Å². The monoisotopic (exact) mass is 385 g/mol. The lowest BCUT2D eigenvalue weighted by Gasteiger charge is -2.17. The van der Waals surface area contributed by atoms with E-state index in [2.05, 4.69) is 20.8 Å². The largest absolute Gasteiger partial charge is 0.377 e. The lowest BCUT2D eigenvalue weighted by molar-refractivity contribution is 0.215. The second-order valence-electron chi connectivity index (χ2n) is 6.30. The minimum absolute atomic E-state index is 0.0173. The van der Waals surface area contributed by atoms with Crippen molar-refractivity contribution in [3.8, 4) is 11.5 Å². The van der Waals surface area contributed by atoms with Gasteiger partial charge in [-0.25, -0.2) is 13.6 Å². The third kappa shape index (κ3) is 3.78. The molecule has 0 radical (unpaired) electrons. The van der Waals surface area contributed by atoms with Gasteiger partial charge in [-0.2, -0.15) is 4.98 Å². The Morgan fingerprint density at radius 2 is 2.07 bits per heavy atom. The van der Waals surface area contributed by atoms with Crippen molar-refractivity contribution in [1.82, 2.24) is 20.4 Å². The highest BCUT2D eigenvalue weighted by molar-refractivity contribution is 5.76. The van der Waals surface area contributed by atoms with Crippen molar-refractivity contribution in [2.75, 3.05) is 18.4 Å². The van der Waals surface area contributed by atoms with Crippen LogP contribution in [0.3, 0.4) is 0 Å². The fourth-order valence-electron chi connectivity index (χ4n) is 2.97. The number of nitrogens with one attached hydrogen (secondary N) is 2. The minimum Gasteiger partial charge on any atom is -0.377 e. The average molecular weight is 385 g/mol. The Labute approximate surface area is 159 Å². The number of carbonyl (C=O) groups excluding carboxylic acids is 1. The van der Waals surface area contributed by atoms with Gasteiger partial charge in [0.1, 0.15) is 11.6 Å². The smallest absolute Gasteiger partial charge is 0.317 e. The van der Waals surface area contributed by atoms with Crippen LogP contribution >= 0.6 is 0 Å². The zero-order valence-electron chi connectivity index (χ0n) is 14.8. The number of hydrogen-bond donors (Lipinski definition) is 2. The predicted molar refractivity (Wildman–Crippen MR) is 97.2 cm³/mol. The van der Waals surface area contributed by atoms with Crippen LogP contribution in [-0.4, -0.2) is 34.2 Å². The molecule has 2 N–H and O–H groups in total. The molecule has 0 spiro atoms. The standard InChI is InChI=1S/C19H17F2N5O2/c20-13-5-6-14(15(21)9-13)18-24-17(25-28-18)10-23-16-4-2-1-3-12(16)11-26-8-7-22-19(26)27/h1-6,9,23H,7-8,10-11H2,(H,22,27). The topological polar surface area (TPSA) is 83.3 Å². The second kappa shape index (κ2) is 7.63. The van der Waals surface area contributed by atoms with Gasteiger partial charge >= 0.3 is 6.03 Å². The molecule has 1 fully saturated rings. The van der Waals surface area contributed by atoms with Crippen LogP contribution < -0.4 is 10.6 Å². The number of para-hydroxylation sites is 1. The van der Waals surface area contributed by atoms with Gasteiger partial charge < -0.3 is 20.1 Å². The van der Waals surface area contributed by atoms with Crippen LogP contribution in [0.1, 0.15) is 11.4 Å². The summed E-state index contributed by atoms with van der Waals surface area (Å²) in [7, 11) is 0. The molecule has 0 bridgehead atoms. The Morgan fingerprint density at radius 3 is 2.86 bits per heavy atom. The predicted octanol–water partition coefficient (Wildman–Crippen LogP) is 3.15. The molecule has 2 aromatic carbocycles. The third-order valence-corrected chi connectivity index (χ3v) is 4.39. The maximum absolute atomic E-state index is 13.9. The summed E-state index contributed by atoms with van der Waals surface area (Å²) in [6.45, 7) is 2.02. The molecule has 1 aliphatic rings. The zero-order valence-corrected chi connectivity index (χ0v) is 14.8. The Bertz CT molecular complexity index is 1010. The molecule has 0 saturated carbocycles. The quantitative estimate of drug-likeness (QED) is 0.681. The van der Waals surface area contributed by atoms with Crippen LogP contribution in [0.5, 0.6) is 0 Å². The molecule has 1 aromatic heterocycles. The highest BCUT2D eigenvalue weighted by Gasteiger charge is 2.20. The zero-order chi connectivity index (χ0) is 19.5. The first-order valence-corrected chi connectivity index (χ1v) is 8.73. The van der Waals surface area contributed by atoms with Crippen molar-refractivity contribution < 1.29 is 18.1 Å². The van der Waals surface area contributed by atoms with Crippen LogP contribution in [0.4, 0.5) is 19.3 Å². The van der Waals surface area contributed by atoms with Gasteiger partial charge in [-0.3, -0.25) is 0 Å². The fraction of sp³-hybridized carbons (Fsp3) is 0.211. The first-order valence-electron chi connectivity index (χ1n) is 8.73. The summed E-state index contributed by atoms with van der Waals surface area (Å²) in [5, 5.41) is 9.82. The molecule has 9 heteroatoms. The summed E-state index contributed by atoms with van der Waals surface area (Å²) in [6.07, 6.45) is 0. The third-order valence-electron chi connectivity index (χ3n) is 4.39. The normalized spacial score (nSPS) is 13.6. The number of urea groups is 1. The number of rotatable bonds is 6. The molecule has 144 valence electrons. The van der Waals surface area contributed by atoms with Gasteiger partial charge in [0.15, 0.2) is 5.82 Å². The number of aromatic nitrogens is 2. The summed E-state index contributed by atoms with van der Waals surface area (Å²) in [5.74, 6) is -1.13. The number of benzene rings is 2. The highest BCUT2D eigenvalue weighted by Crippen LogP contribution is 2.23. The van der Waals surface area contributed by atoms with Crippen LogP contribution in [-0.2, 0) is 13.1 Å². The van der Waals surface area contributed by atoms with E-state index in [4.69, 9.17) is 4.52 Å². The van der Waals surface area contributed by atoms with Gasteiger partial charge in [0.05, 0.1) is 12.1 Å². The Hall–Kier alpha value is -3.49. The van der Waals surface area contributed by atoms with Gasteiger partial charge in [-0.05, 0) is 23.8 Å². The summed E-state index contributed by atoms with van der Waals surface area (Å²) < 4.78 is 32.0. The number of nitrogens with zero attached hydrogens (tertiary/aromatic N) is 3. The van der Waals surface area contributed by atoms with E-state index in [1.807, 2.05) is 24.3 Å². The molecule has 0 aliphatic carbocycles. The van der Waals surface area contributed by atoms with Crippen molar-refractivity contribution in [3.63, 3.8) is 0 Å². The molecule has 2 amide bonds. The summed E-state index contributed by atoms with van der Waals surface area (Å²) in [6, 6.07) is 10.7. The Balaban J connectivity index is 1.45. The van der Waals surface area contributed by atoms with Crippen LogP contribution in [0.15, 0.2) is 47.0 Å². The molecule has 1 saturated heterocycles. The van der Waals surface area contributed by atoms with Gasteiger partial charge in [0, 0.05) is 31.4 Å². The number of amides is 2. The summed E-state index contributed by atoms with van der Waals surface area (Å²) in [5.41, 5.74) is 1.83. The van der Waals surface area contributed by atoms with E-state index in [0.29, 0.717) is 25.5 Å². The maximum Gasteiger partial charge on any atom is 0.317 e. The van der Waals surface area contributed by atoms with Gasteiger partial charge in [-0.1, -0.05) is 23.4 Å². The summed E-state index contributed by atoms with van der Waals surface area (Å²) in [4.78, 5) is 17.6. The van der Waals surface area contributed by atoms with E-state index in [-0.39, 0.29) is 24.0 Å². The van der Waals surface area contributed by atoms with Crippen LogP contribution in [0, 0.1) is 11.6 Å². The SMILES string of the molecule is O=C1NCCN1Cc1ccccc1NCc1noc(-c2ccc(F)cc2F)n1. The molecular formula is C19H17F2N5O2. The number of anilines is 1. The molecular weight excluding hydrogens is 368 g/mol. The highest BCUT2D eigenvalue weighted by atomic mass is 19.1. The molecule has 2 heterocycles. The molecule has 7 nitrogen and oxygen atoms in total. The molecule has 0 unspecified atom stereocenters. The maximum atomic E-state index is 13.9. The van der Waals surface area contributed by atoms with Crippen molar-refractivity contribution in [2.45, 2.75) is 13.1 Å². The van der Waals surface area contributed by atoms with Crippen molar-refractivity contribution in [1.29, 1.82) is 0 Å². The van der Waals surface area contributed by atoms with Gasteiger partial charge in [0.2, 0.25) is 0 Å². The molecule has 3 aromatic rings. The first kappa shape index (κ1) is 17.9. The van der Waals surface area contributed by atoms with E-state index in [0.717, 1.165) is 23.4 Å². The van der Waals surface area contributed by atoms with Crippen LogP contribution in [0.2, 0.25) is 0 Å². The summed E-state index contributed by atoms with van der Waals surface area (Å²) >= 11 is 0. The van der Waals surface area contributed by atoms with E-state index in [1.54, 1.807) is 4.90 Å². The fourth-order valence-corrected chi connectivity index (χ4v) is 2.97. The van der Waals surface area contributed by atoms with E-state index >= 15 is 0 Å². The van der Waals surface area contributed by atoms with E-state index in [9.17, 15) is 13.6 Å². The number of hydrogen-bond acceptors (Lipinski definition) is 5. The lowest BCUT2D eigenvalue weighted by atomic mass is 10.1. The molecule has 4 rings (SSSR count). The number of halogens is 2. The van der Waals surface area contributed by atoms with E-state index in [1.165, 1.54) is 6.07 Å². The number of carbonyl (C=O) groups is 1. The molecule has 0 atom stereocenters. The first-order chi connectivity index (χ1) is 13.6. The average Bonchev–Trinajstić information content (AvgIpc) is 3.30.